The molecule has 12 heteroatoms. The first-order valence-corrected chi connectivity index (χ1v) is 11.5. The molecule has 1 aromatic carbocycles. The van der Waals surface area contributed by atoms with E-state index in [1.807, 2.05) is 10.9 Å². The maximum atomic E-state index is 12.8. The monoisotopic (exact) mass is 500 g/mol. The minimum absolute atomic E-state index is 0.154. The normalized spacial score (nSPS) is 29.4. The zero-order valence-corrected chi connectivity index (χ0v) is 18.9. The van der Waals surface area contributed by atoms with Crippen LogP contribution in [0, 0.1) is 0 Å². The summed E-state index contributed by atoms with van der Waals surface area (Å²) in [7, 11) is 0. The van der Waals surface area contributed by atoms with E-state index in [0.29, 0.717) is 29.2 Å². The number of aliphatic hydroxyl groups is 1. The second-order valence-corrected chi connectivity index (χ2v) is 9.91. The first-order chi connectivity index (χ1) is 16.1. The van der Waals surface area contributed by atoms with Crippen molar-refractivity contribution in [2.45, 2.75) is 74.6 Å². The van der Waals surface area contributed by atoms with Crippen LogP contribution in [-0.4, -0.2) is 50.6 Å². The van der Waals surface area contributed by atoms with E-state index >= 15 is 0 Å². The van der Waals surface area contributed by atoms with Crippen LogP contribution in [0.2, 0.25) is 5.02 Å². The highest BCUT2D eigenvalue weighted by Crippen LogP contribution is 2.65. The van der Waals surface area contributed by atoms with Gasteiger partial charge in [0.2, 0.25) is 0 Å². The van der Waals surface area contributed by atoms with Gasteiger partial charge in [0.15, 0.2) is 6.10 Å². The van der Waals surface area contributed by atoms with Crippen molar-refractivity contribution in [1.82, 2.24) is 20.3 Å². The van der Waals surface area contributed by atoms with Gasteiger partial charge in [0, 0.05) is 28.7 Å². The third-order valence-electron chi connectivity index (χ3n) is 6.84. The van der Waals surface area contributed by atoms with Crippen LogP contribution in [-0.2, 0) is 21.5 Å². The second-order valence-electron chi connectivity index (χ2n) is 9.47. The van der Waals surface area contributed by atoms with Crippen LogP contribution in [0.25, 0.3) is 0 Å². The number of hydrogen-bond donors (Lipinski definition) is 2. The molecular formula is C22H24ClF3N4O4. The van der Waals surface area contributed by atoms with Crippen molar-refractivity contribution in [3.63, 3.8) is 0 Å². The lowest BCUT2D eigenvalue weighted by Gasteiger charge is -2.69. The Morgan fingerprint density at radius 3 is 2.82 bits per heavy atom. The Morgan fingerprint density at radius 1 is 1.32 bits per heavy atom. The lowest BCUT2D eigenvalue weighted by atomic mass is 9.44. The fourth-order valence-electron chi connectivity index (χ4n) is 5.27. The van der Waals surface area contributed by atoms with Crippen LogP contribution < -0.4 is 10.1 Å². The van der Waals surface area contributed by atoms with Crippen LogP contribution in [0.15, 0.2) is 24.4 Å². The molecule has 184 valence electrons. The summed E-state index contributed by atoms with van der Waals surface area (Å²) in [6.07, 6.45) is -0.751. The molecule has 0 spiro atoms. The number of aryl methyl sites for hydroxylation is 1. The summed E-state index contributed by atoms with van der Waals surface area (Å²) < 4.78 is 47.4. The summed E-state index contributed by atoms with van der Waals surface area (Å²) in [5.41, 5.74) is 0.801. The van der Waals surface area contributed by atoms with Gasteiger partial charge >= 0.3 is 6.36 Å². The number of nitrogens with zero attached hydrogens (tertiary/aromatic N) is 3. The zero-order chi connectivity index (χ0) is 24.1. The molecule has 2 atom stereocenters. The van der Waals surface area contributed by atoms with E-state index < -0.39 is 18.6 Å². The molecule has 2 aromatic rings. The lowest BCUT2D eigenvalue weighted by Crippen LogP contribution is -2.79. The van der Waals surface area contributed by atoms with Crippen molar-refractivity contribution in [2.75, 3.05) is 6.61 Å². The van der Waals surface area contributed by atoms with Crippen molar-refractivity contribution in [3.8, 4) is 5.75 Å². The van der Waals surface area contributed by atoms with Gasteiger partial charge in [0.25, 0.3) is 5.91 Å². The summed E-state index contributed by atoms with van der Waals surface area (Å²) >= 11 is 5.98. The van der Waals surface area contributed by atoms with E-state index in [4.69, 9.17) is 16.3 Å². The minimum atomic E-state index is -4.60. The number of aromatic nitrogens is 3. The Labute approximate surface area is 198 Å². The number of aliphatic hydroxyl groups excluding tert-OH is 1. The molecule has 2 N–H and O–H groups in total. The van der Waals surface area contributed by atoms with Crippen molar-refractivity contribution in [1.29, 1.82) is 0 Å². The van der Waals surface area contributed by atoms with E-state index in [-0.39, 0.29) is 36.4 Å². The third-order valence-corrected chi connectivity index (χ3v) is 7.08. The van der Waals surface area contributed by atoms with Crippen LogP contribution >= 0.6 is 11.6 Å². The van der Waals surface area contributed by atoms with E-state index in [1.165, 1.54) is 0 Å². The molecule has 0 saturated heterocycles. The highest BCUT2D eigenvalue weighted by Gasteiger charge is 2.70. The van der Waals surface area contributed by atoms with Crippen LogP contribution in [0.4, 0.5) is 13.2 Å². The number of halogens is 4. The summed E-state index contributed by atoms with van der Waals surface area (Å²) in [4.78, 5) is 12.8. The van der Waals surface area contributed by atoms with E-state index in [1.54, 1.807) is 18.2 Å². The predicted molar refractivity (Wildman–Crippen MR) is 113 cm³/mol. The van der Waals surface area contributed by atoms with Crippen molar-refractivity contribution < 1.29 is 32.5 Å². The lowest BCUT2D eigenvalue weighted by molar-refractivity contribution is -0.324. The number of fused-ring (bicyclic) bond motifs is 1. The predicted octanol–water partition coefficient (Wildman–Crippen LogP) is 3.42. The zero-order valence-electron chi connectivity index (χ0n) is 18.1. The minimum Gasteiger partial charge on any atom is -0.480 e. The quantitative estimate of drug-likeness (QED) is 0.539. The first kappa shape index (κ1) is 23.4. The number of amides is 1. The molecule has 0 unspecified atom stereocenters. The molecule has 2 bridgehead atoms. The molecule has 4 aliphatic rings. The van der Waals surface area contributed by atoms with Gasteiger partial charge < -0.3 is 15.2 Å². The van der Waals surface area contributed by atoms with Crippen LogP contribution in [0.5, 0.6) is 5.75 Å². The van der Waals surface area contributed by atoms with Crippen LogP contribution in [0.3, 0.4) is 0 Å². The van der Waals surface area contributed by atoms with Gasteiger partial charge in [-0.1, -0.05) is 16.8 Å². The fourth-order valence-corrected chi connectivity index (χ4v) is 5.45. The molecule has 6 rings (SSSR count). The number of alkyl halides is 3. The number of benzene rings is 1. The summed E-state index contributed by atoms with van der Waals surface area (Å²) in [6, 6.07) is 4.95. The van der Waals surface area contributed by atoms with Gasteiger partial charge in [-0.3, -0.25) is 9.53 Å². The number of rotatable bonds is 8. The number of hydrogen-bond acceptors (Lipinski definition) is 6. The Bertz CT molecular complexity index is 1070. The maximum Gasteiger partial charge on any atom is 0.522 e. The molecule has 8 nitrogen and oxygen atoms in total. The largest absolute Gasteiger partial charge is 0.522 e. The molecule has 3 saturated carbocycles. The fraction of sp³-hybridized carbons (Fsp3) is 0.591. The molecular weight excluding hydrogens is 477 g/mol. The second kappa shape index (κ2) is 8.39. The third kappa shape index (κ3) is 4.48. The molecule has 1 aromatic heterocycles. The van der Waals surface area contributed by atoms with Gasteiger partial charge in [0.1, 0.15) is 5.75 Å². The highest BCUT2D eigenvalue weighted by atomic mass is 35.5. The van der Waals surface area contributed by atoms with E-state index in [9.17, 15) is 23.1 Å². The molecule has 34 heavy (non-hydrogen) atoms. The Hall–Kier alpha value is -2.37. The Morgan fingerprint density at radius 2 is 2.09 bits per heavy atom. The smallest absolute Gasteiger partial charge is 0.480 e. The Balaban J connectivity index is 1.10. The summed E-state index contributed by atoms with van der Waals surface area (Å²) in [5.74, 6) is 0.200. The van der Waals surface area contributed by atoms with E-state index in [0.717, 1.165) is 25.0 Å². The standard InChI is InChI=1S/C22H24ClF3N4O4/c23-13-4-5-17-15(7-13)16(31)8-18(34-17)19(32)27-20-10-21(11-20,12-20)30-9-14(28-29-30)3-1-2-6-33-22(24,25)26/h4-5,7,9,16,18,31H,1-3,6,8,10-12H2,(H,27,32)/t16-,18-,20?,21?/m1/s1. The molecule has 1 amide bonds. The molecule has 1 aliphatic heterocycles. The molecule has 2 heterocycles. The average molecular weight is 501 g/mol. The number of ether oxygens (including phenoxy) is 2. The van der Waals surface area contributed by atoms with E-state index in [2.05, 4.69) is 20.4 Å². The highest BCUT2D eigenvalue weighted by molar-refractivity contribution is 6.30. The van der Waals surface area contributed by atoms with Crippen molar-refractivity contribution >= 4 is 17.5 Å². The summed E-state index contributed by atoms with van der Waals surface area (Å²) in [5, 5.41) is 22.3. The van der Waals surface area contributed by atoms with Crippen molar-refractivity contribution in [3.05, 3.63) is 40.7 Å². The molecule has 0 radical (unpaired) electrons. The topological polar surface area (TPSA) is 98.5 Å². The number of nitrogens with one attached hydrogen (secondary N) is 1. The first-order valence-electron chi connectivity index (χ1n) is 11.2. The molecule has 3 fully saturated rings. The van der Waals surface area contributed by atoms with Gasteiger partial charge in [-0.25, -0.2) is 4.68 Å². The number of unbranched alkanes of at least 4 members (excludes halogenated alkanes) is 1. The van der Waals surface area contributed by atoms with Gasteiger partial charge in [-0.05, 0) is 56.7 Å². The SMILES string of the molecule is O=C(NC12CC(n3cc(CCCCOC(F)(F)F)nn3)(C1)C2)[C@H]1C[C@@H](O)c2cc(Cl)ccc2O1. The van der Waals surface area contributed by atoms with Gasteiger partial charge in [-0.15, -0.1) is 18.3 Å². The number of carbonyl (C=O) groups excluding carboxylic acids is 1. The van der Waals surface area contributed by atoms with Crippen LogP contribution in [0.1, 0.15) is 55.9 Å². The number of carbonyl (C=O) groups is 1. The van der Waals surface area contributed by atoms with Gasteiger partial charge in [0.05, 0.1) is 23.9 Å². The van der Waals surface area contributed by atoms with Gasteiger partial charge in [-0.2, -0.15) is 0 Å². The Kier molecular flexibility index (Phi) is 5.77. The maximum absolute atomic E-state index is 12.8. The van der Waals surface area contributed by atoms with Crippen molar-refractivity contribution in [2.24, 2.45) is 0 Å². The molecule has 3 aliphatic carbocycles. The summed E-state index contributed by atoms with van der Waals surface area (Å²) in [6.45, 7) is -0.370. The average Bonchev–Trinajstić information content (AvgIpc) is 3.17.